The fourth-order valence-corrected chi connectivity index (χ4v) is 1.56. The first-order valence-electron chi connectivity index (χ1n) is 5.71. The monoisotopic (exact) mass is 219 g/mol. The second-order valence-corrected chi connectivity index (χ2v) is 4.17. The average Bonchev–Trinajstić information content (AvgIpc) is 3.13. The van der Waals surface area contributed by atoms with Crippen LogP contribution in [0.3, 0.4) is 0 Å². The topological polar surface area (TPSA) is 54.0 Å². The number of hydrogen-bond donors (Lipinski definition) is 2. The van der Waals surface area contributed by atoms with Crippen LogP contribution in [0.1, 0.15) is 29.8 Å². The molecule has 1 aliphatic rings. The van der Waals surface area contributed by atoms with Gasteiger partial charge in [-0.15, -0.1) is 0 Å². The number of hydrogen-bond acceptors (Lipinski definition) is 3. The van der Waals surface area contributed by atoms with E-state index >= 15 is 0 Å². The molecule has 1 amide bonds. The largest absolute Gasteiger partial charge is 0.387 e. The summed E-state index contributed by atoms with van der Waals surface area (Å²) in [6, 6.07) is 3.58. The first-order valence-corrected chi connectivity index (χ1v) is 5.71. The molecule has 1 aromatic heterocycles. The van der Waals surface area contributed by atoms with Gasteiger partial charge in [-0.1, -0.05) is 12.8 Å². The van der Waals surface area contributed by atoms with Crippen LogP contribution in [0.5, 0.6) is 0 Å². The van der Waals surface area contributed by atoms with E-state index in [-0.39, 0.29) is 5.91 Å². The van der Waals surface area contributed by atoms with Crippen molar-refractivity contribution in [3.8, 4) is 0 Å². The van der Waals surface area contributed by atoms with Gasteiger partial charge in [-0.3, -0.25) is 4.79 Å². The lowest BCUT2D eigenvalue weighted by Crippen LogP contribution is -2.25. The van der Waals surface area contributed by atoms with Crippen molar-refractivity contribution in [3.63, 3.8) is 0 Å². The van der Waals surface area contributed by atoms with Crippen molar-refractivity contribution in [1.82, 2.24) is 10.3 Å². The molecule has 1 fully saturated rings. The number of amides is 1. The van der Waals surface area contributed by atoms with E-state index in [1.165, 1.54) is 12.8 Å². The highest BCUT2D eigenvalue weighted by molar-refractivity contribution is 5.92. The third-order valence-electron chi connectivity index (χ3n) is 2.82. The summed E-state index contributed by atoms with van der Waals surface area (Å²) in [6.07, 6.45) is 5.41. The summed E-state index contributed by atoms with van der Waals surface area (Å²) in [7, 11) is 1.83. The highest BCUT2D eigenvalue weighted by Gasteiger charge is 2.20. The summed E-state index contributed by atoms with van der Waals surface area (Å²) in [5, 5.41) is 5.85. The fraction of sp³-hybridized carbons (Fsp3) is 0.500. The SMILES string of the molecule is CNc1ccc(C(=O)NCCC2CC2)nc1. The minimum atomic E-state index is -0.0803. The van der Waals surface area contributed by atoms with Crippen molar-refractivity contribution in [1.29, 1.82) is 0 Å². The lowest BCUT2D eigenvalue weighted by atomic mass is 10.3. The minimum Gasteiger partial charge on any atom is -0.387 e. The Morgan fingerprint density at radius 3 is 2.88 bits per heavy atom. The molecule has 4 heteroatoms. The number of nitrogens with zero attached hydrogens (tertiary/aromatic N) is 1. The van der Waals surface area contributed by atoms with E-state index in [9.17, 15) is 4.79 Å². The number of rotatable bonds is 5. The van der Waals surface area contributed by atoms with Crippen molar-refractivity contribution in [3.05, 3.63) is 24.0 Å². The Morgan fingerprint density at radius 2 is 2.31 bits per heavy atom. The van der Waals surface area contributed by atoms with Gasteiger partial charge < -0.3 is 10.6 Å². The molecule has 0 unspecified atom stereocenters. The second kappa shape index (κ2) is 4.96. The van der Waals surface area contributed by atoms with E-state index in [2.05, 4.69) is 15.6 Å². The molecule has 0 radical (unpaired) electrons. The highest BCUT2D eigenvalue weighted by Crippen LogP contribution is 2.31. The molecule has 4 nitrogen and oxygen atoms in total. The van der Waals surface area contributed by atoms with Gasteiger partial charge in [0.1, 0.15) is 5.69 Å². The average molecular weight is 219 g/mol. The first kappa shape index (κ1) is 10.9. The molecule has 1 aromatic rings. The van der Waals surface area contributed by atoms with Gasteiger partial charge in [0.05, 0.1) is 11.9 Å². The zero-order valence-corrected chi connectivity index (χ0v) is 9.49. The third kappa shape index (κ3) is 2.95. The molecule has 0 bridgehead atoms. The van der Waals surface area contributed by atoms with Crippen LogP contribution < -0.4 is 10.6 Å². The summed E-state index contributed by atoms with van der Waals surface area (Å²) < 4.78 is 0. The molecular weight excluding hydrogens is 202 g/mol. The van der Waals surface area contributed by atoms with Gasteiger partial charge in [0.15, 0.2) is 0 Å². The third-order valence-corrected chi connectivity index (χ3v) is 2.82. The molecule has 1 heterocycles. The molecule has 0 atom stereocenters. The molecular formula is C12H17N3O. The maximum atomic E-state index is 11.7. The molecule has 2 N–H and O–H groups in total. The van der Waals surface area contributed by atoms with Crippen molar-refractivity contribution in [2.45, 2.75) is 19.3 Å². The van der Waals surface area contributed by atoms with Crippen LogP contribution in [-0.2, 0) is 0 Å². The predicted molar refractivity (Wildman–Crippen MR) is 63.5 cm³/mol. The van der Waals surface area contributed by atoms with Gasteiger partial charge >= 0.3 is 0 Å². The molecule has 1 aliphatic carbocycles. The number of aromatic nitrogens is 1. The lowest BCUT2D eigenvalue weighted by molar-refractivity contribution is 0.0948. The number of nitrogens with one attached hydrogen (secondary N) is 2. The second-order valence-electron chi connectivity index (χ2n) is 4.17. The van der Waals surface area contributed by atoms with Gasteiger partial charge in [-0.2, -0.15) is 0 Å². The standard InChI is InChI=1S/C12H17N3O/c1-13-10-4-5-11(15-8-10)12(16)14-7-6-9-2-3-9/h4-5,8-9,13H,2-3,6-7H2,1H3,(H,14,16). The highest BCUT2D eigenvalue weighted by atomic mass is 16.1. The van der Waals surface area contributed by atoms with Gasteiger partial charge in [-0.25, -0.2) is 4.98 Å². The molecule has 0 spiro atoms. The zero-order chi connectivity index (χ0) is 11.4. The Labute approximate surface area is 95.5 Å². The summed E-state index contributed by atoms with van der Waals surface area (Å²) in [4.78, 5) is 15.7. The van der Waals surface area contributed by atoms with Gasteiger partial charge in [0.2, 0.25) is 0 Å². The van der Waals surface area contributed by atoms with Crippen LogP contribution in [0.4, 0.5) is 5.69 Å². The molecule has 2 rings (SSSR count). The zero-order valence-electron chi connectivity index (χ0n) is 9.49. The molecule has 86 valence electrons. The Morgan fingerprint density at radius 1 is 1.50 bits per heavy atom. The predicted octanol–water partition coefficient (Wildman–Crippen LogP) is 1.65. The maximum absolute atomic E-state index is 11.7. The molecule has 0 saturated heterocycles. The quantitative estimate of drug-likeness (QED) is 0.791. The number of carbonyl (C=O) groups excluding carboxylic acids is 1. The molecule has 0 aliphatic heterocycles. The Hall–Kier alpha value is -1.58. The summed E-state index contributed by atoms with van der Waals surface area (Å²) in [5.41, 5.74) is 1.39. The van der Waals surface area contributed by atoms with Crippen LogP contribution >= 0.6 is 0 Å². The van der Waals surface area contributed by atoms with Crippen molar-refractivity contribution in [2.75, 3.05) is 18.9 Å². The van der Waals surface area contributed by atoms with E-state index < -0.39 is 0 Å². The van der Waals surface area contributed by atoms with E-state index in [4.69, 9.17) is 0 Å². The molecule has 1 saturated carbocycles. The van der Waals surface area contributed by atoms with Crippen molar-refractivity contribution in [2.24, 2.45) is 5.92 Å². The van der Waals surface area contributed by atoms with Crippen LogP contribution in [0, 0.1) is 5.92 Å². The van der Waals surface area contributed by atoms with Gasteiger partial charge in [0.25, 0.3) is 5.91 Å². The Balaban J connectivity index is 1.81. The molecule has 0 aromatic carbocycles. The van der Waals surface area contributed by atoms with Crippen LogP contribution in [0.15, 0.2) is 18.3 Å². The first-order chi connectivity index (χ1) is 7.79. The van der Waals surface area contributed by atoms with Crippen LogP contribution in [0.2, 0.25) is 0 Å². The van der Waals surface area contributed by atoms with Crippen LogP contribution in [0.25, 0.3) is 0 Å². The van der Waals surface area contributed by atoms with Crippen molar-refractivity contribution >= 4 is 11.6 Å². The number of pyridine rings is 1. The summed E-state index contributed by atoms with van der Waals surface area (Å²) >= 11 is 0. The maximum Gasteiger partial charge on any atom is 0.269 e. The van der Waals surface area contributed by atoms with Gasteiger partial charge in [0, 0.05) is 13.6 Å². The van der Waals surface area contributed by atoms with Crippen LogP contribution in [-0.4, -0.2) is 24.5 Å². The Bertz CT molecular complexity index is 357. The number of anilines is 1. The lowest BCUT2D eigenvalue weighted by Gasteiger charge is -2.04. The van der Waals surface area contributed by atoms with Gasteiger partial charge in [-0.05, 0) is 24.5 Å². The minimum absolute atomic E-state index is 0.0803. The normalized spacial score (nSPS) is 14.6. The summed E-state index contributed by atoms with van der Waals surface area (Å²) in [5.74, 6) is 0.767. The summed E-state index contributed by atoms with van der Waals surface area (Å²) in [6.45, 7) is 0.763. The van der Waals surface area contributed by atoms with E-state index in [0.717, 1.165) is 24.6 Å². The Kier molecular flexibility index (Phi) is 3.39. The van der Waals surface area contributed by atoms with E-state index in [1.54, 1.807) is 12.3 Å². The van der Waals surface area contributed by atoms with Crippen molar-refractivity contribution < 1.29 is 4.79 Å². The van der Waals surface area contributed by atoms with E-state index in [1.807, 2.05) is 13.1 Å². The fourth-order valence-electron chi connectivity index (χ4n) is 1.56. The molecule has 16 heavy (non-hydrogen) atoms. The van der Waals surface area contributed by atoms with E-state index in [0.29, 0.717) is 5.69 Å². The smallest absolute Gasteiger partial charge is 0.269 e. The number of carbonyl (C=O) groups is 1.